The van der Waals surface area contributed by atoms with Gasteiger partial charge < -0.3 is 5.32 Å². The van der Waals surface area contributed by atoms with Crippen LogP contribution in [0.25, 0.3) is 0 Å². The fourth-order valence-corrected chi connectivity index (χ4v) is 3.81. The highest BCUT2D eigenvalue weighted by Crippen LogP contribution is 2.21. The Morgan fingerprint density at radius 2 is 2.25 bits per heavy atom. The van der Waals surface area contributed by atoms with Gasteiger partial charge in [0.1, 0.15) is 0 Å². The summed E-state index contributed by atoms with van der Waals surface area (Å²) < 4.78 is 22.3. The van der Waals surface area contributed by atoms with Gasteiger partial charge in [-0.15, -0.1) is 0 Å². The first-order chi connectivity index (χ1) is 5.49. The maximum Gasteiger partial charge on any atom is 0.183 e. The van der Waals surface area contributed by atoms with E-state index in [1.807, 2.05) is 0 Å². The molecule has 2 aliphatic rings. The number of rotatable bonds is 0. The van der Waals surface area contributed by atoms with E-state index in [2.05, 4.69) is 5.32 Å². The van der Waals surface area contributed by atoms with E-state index < -0.39 is 9.84 Å². The molecule has 0 aromatic heterocycles. The maximum absolute atomic E-state index is 11.1. The zero-order valence-electron chi connectivity index (χ0n) is 6.23. The van der Waals surface area contributed by atoms with Crippen LogP contribution in [0.5, 0.6) is 0 Å². The van der Waals surface area contributed by atoms with E-state index in [0.717, 1.165) is 0 Å². The van der Waals surface area contributed by atoms with Crippen molar-refractivity contribution in [1.82, 2.24) is 10.3 Å². The van der Waals surface area contributed by atoms with Gasteiger partial charge in [0.05, 0.1) is 23.6 Å². The third kappa shape index (κ3) is 1.08. The SMILES string of the molecule is NN1C(=S)N[C@@H]2CS(=O)(=O)C[C@@H]21. The molecule has 2 fully saturated rings. The second-order valence-corrected chi connectivity index (χ2v) is 5.65. The van der Waals surface area contributed by atoms with Gasteiger partial charge in [-0.25, -0.2) is 14.3 Å². The number of hydrazine groups is 1. The highest BCUT2D eigenvalue weighted by molar-refractivity contribution is 7.91. The molecule has 0 aromatic carbocycles. The molecule has 0 saturated carbocycles. The minimum Gasteiger partial charge on any atom is -0.356 e. The second kappa shape index (κ2) is 2.30. The molecule has 0 radical (unpaired) electrons. The number of thiocarbonyl (C=S) groups is 1. The summed E-state index contributed by atoms with van der Waals surface area (Å²) in [5, 5.41) is 4.66. The van der Waals surface area contributed by atoms with Gasteiger partial charge in [-0.2, -0.15) is 0 Å². The van der Waals surface area contributed by atoms with Crippen molar-refractivity contribution in [3.05, 3.63) is 0 Å². The summed E-state index contributed by atoms with van der Waals surface area (Å²) >= 11 is 4.87. The van der Waals surface area contributed by atoms with Crippen LogP contribution in [0.4, 0.5) is 0 Å². The average molecular weight is 207 g/mol. The minimum atomic E-state index is -2.91. The quantitative estimate of drug-likeness (QED) is 0.361. The number of nitrogens with two attached hydrogens (primary N) is 1. The summed E-state index contributed by atoms with van der Waals surface area (Å²) in [6.07, 6.45) is 0. The lowest BCUT2D eigenvalue weighted by Crippen LogP contribution is -2.42. The molecule has 0 amide bonds. The van der Waals surface area contributed by atoms with Gasteiger partial charge in [0.25, 0.3) is 0 Å². The van der Waals surface area contributed by atoms with Gasteiger partial charge >= 0.3 is 0 Å². The third-order valence-corrected chi connectivity index (χ3v) is 4.27. The molecule has 2 rings (SSSR count). The summed E-state index contributed by atoms with van der Waals surface area (Å²) in [5.74, 6) is 5.81. The van der Waals surface area contributed by atoms with Crippen molar-refractivity contribution in [2.75, 3.05) is 11.5 Å². The molecule has 2 atom stereocenters. The Hall–Kier alpha value is -0.400. The average Bonchev–Trinajstić information content (AvgIpc) is 2.33. The monoisotopic (exact) mass is 207 g/mol. The molecular weight excluding hydrogens is 198 g/mol. The molecule has 0 aliphatic carbocycles. The zero-order chi connectivity index (χ0) is 8.93. The Kier molecular flexibility index (Phi) is 1.57. The van der Waals surface area contributed by atoms with E-state index in [-0.39, 0.29) is 23.6 Å². The van der Waals surface area contributed by atoms with Crippen molar-refractivity contribution < 1.29 is 8.42 Å². The molecule has 0 aromatic rings. The first-order valence-corrected chi connectivity index (χ1v) is 5.77. The van der Waals surface area contributed by atoms with Crippen molar-refractivity contribution >= 4 is 27.2 Å². The van der Waals surface area contributed by atoms with Crippen molar-refractivity contribution in [2.24, 2.45) is 5.84 Å². The molecule has 0 unspecified atom stereocenters. The van der Waals surface area contributed by atoms with Crippen LogP contribution in [-0.2, 0) is 9.84 Å². The van der Waals surface area contributed by atoms with Crippen molar-refractivity contribution in [1.29, 1.82) is 0 Å². The summed E-state index contributed by atoms with van der Waals surface area (Å²) in [4.78, 5) is 0. The van der Waals surface area contributed by atoms with Crippen LogP contribution in [0.2, 0.25) is 0 Å². The Balaban J connectivity index is 2.27. The van der Waals surface area contributed by atoms with Crippen molar-refractivity contribution in [3.63, 3.8) is 0 Å². The maximum atomic E-state index is 11.1. The van der Waals surface area contributed by atoms with E-state index in [0.29, 0.717) is 5.11 Å². The summed E-state index contributed by atoms with van der Waals surface area (Å²) in [6.45, 7) is 0. The third-order valence-electron chi connectivity index (χ3n) is 2.22. The molecular formula is C5H9N3O2S2. The largest absolute Gasteiger partial charge is 0.356 e. The smallest absolute Gasteiger partial charge is 0.183 e. The predicted octanol–water partition coefficient (Wildman–Crippen LogP) is -1.78. The second-order valence-electron chi connectivity index (χ2n) is 3.11. The Morgan fingerprint density at radius 3 is 2.83 bits per heavy atom. The molecule has 12 heavy (non-hydrogen) atoms. The van der Waals surface area contributed by atoms with Gasteiger partial charge in [-0.05, 0) is 12.2 Å². The number of sulfone groups is 1. The Bertz CT molecular complexity index is 326. The number of nitrogens with one attached hydrogen (secondary N) is 1. The normalized spacial score (nSPS) is 38.1. The lowest BCUT2D eigenvalue weighted by Gasteiger charge is -2.15. The highest BCUT2D eigenvalue weighted by atomic mass is 32.2. The van der Waals surface area contributed by atoms with Crippen molar-refractivity contribution in [3.8, 4) is 0 Å². The molecule has 0 bridgehead atoms. The van der Waals surface area contributed by atoms with E-state index in [1.165, 1.54) is 5.01 Å². The molecule has 0 spiro atoms. The van der Waals surface area contributed by atoms with Gasteiger partial charge in [-0.3, -0.25) is 5.01 Å². The minimum absolute atomic E-state index is 0.104. The van der Waals surface area contributed by atoms with Crippen LogP contribution in [0.1, 0.15) is 0 Å². The van der Waals surface area contributed by atoms with E-state index in [9.17, 15) is 8.42 Å². The molecule has 68 valence electrons. The van der Waals surface area contributed by atoms with Crippen LogP contribution in [0.15, 0.2) is 0 Å². The van der Waals surface area contributed by atoms with Crippen LogP contribution >= 0.6 is 12.2 Å². The van der Waals surface area contributed by atoms with Gasteiger partial charge in [-0.1, -0.05) is 0 Å². The van der Waals surface area contributed by atoms with E-state index in [1.54, 1.807) is 0 Å². The zero-order valence-corrected chi connectivity index (χ0v) is 7.86. The van der Waals surface area contributed by atoms with Crippen molar-refractivity contribution in [2.45, 2.75) is 12.1 Å². The molecule has 2 saturated heterocycles. The molecule has 7 heteroatoms. The van der Waals surface area contributed by atoms with Crippen LogP contribution in [-0.4, -0.2) is 42.1 Å². The summed E-state index contributed by atoms with van der Waals surface area (Å²) in [5.41, 5.74) is 0. The lowest BCUT2D eigenvalue weighted by molar-refractivity contribution is 0.368. The number of nitrogens with zero attached hydrogens (tertiary/aromatic N) is 1. The van der Waals surface area contributed by atoms with Gasteiger partial charge in [0.15, 0.2) is 14.9 Å². The number of fused-ring (bicyclic) bond motifs is 1. The Morgan fingerprint density at radius 1 is 1.58 bits per heavy atom. The Labute approximate surface area is 75.8 Å². The standard InChI is InChI=1S/C5H9N3O2S2/c6-8-4-2-12(9,10)1-3(4)7-5(8)11/h3-4H,1-2,6H2,(H,7,11)/t3-,4+/m1/s1. The number of hydrogen-bond donors (Lipinski definition) is 2. The fraction of sp³-hybridized carbons (Fsp3) is 0.800. The van der Waals surface area contributed by atoms with Crippen LogP contribution in [0, 0.1) is 0 Å². The van der Waals surface area contributed by atoms with Crippen LogP contribution < -0.4 is 11.2 Å². The molecule has 2 aliphatic heterocycles. The van der Waals surface area contributed by atoms with E-state index in [4.69, 9.17) is 18.1 Å². The fourth-order valence-electron chi connectivity index (χ4n) is 1.62. The lowest BCUT2D eigenvalue weighted by atomic mass is 10.2. The predicted molar refractivity (Wildman–Crippen MR) is 48.0 cm³/mol. The molecule has 3 N–H and O–H groups in total. The summed E-state index contributed by atoms with van der Waals surface area (Å²) in [7, 11) is -2.91. The topological polar surface area (TPSA) is 75.4 Å². The first-order valence-electron chi connectivity index (χ1n) is 3.54. The van der Waals surface area contributed by atoms with E-state index >= 15 is 0 Å². The van der Waals surface area contributed by atoms with Crippen LogP contribution in [0.3, 0.4) is 0 Å². The highest BCUT2D eigenvalue weighted by Gasteiger charge is 2.46. The number of hydrogen-bond acceptors (Lipinski definition) is 4. The van der Waals surface area contributed by atoms with Gasteiger partial charge in [0, 0.05) is 0 Å². The molecule has 2 heterocycles. The first kappa shape index (κ1) is 8.21. The summed E-state index contributed by atoms with van der Waals surface area (Å²) in [6, 6.07) is -0.269. The van der Waals surface area contributed by atoms with Gasteiger partial charge in [0.2, 0.25) is 0 Å². The molecule has 5 nitrogen and oxygen atoms in total.